The van der Waals surface area contributed by atoms with Crippen molar-refractivity contribution in [2.75, 3.05) is 26.3 Å². The molecular weight excluding hydrogens is 382 g/mol. The summed E-state index contributed by atoms with van der Waals surface area (Å²) in [5.74, 6) is -0.786. The van der Waals surface area contributed by atoms with Gasteiger partial charge >= 0.3 is 0 Å². The summed E-state index contributed by atoms with van der Waals surface area (Å²) in [5.41, 5.74) is 0. The third kappa shape index (κ3) is 26.6. The van der Waals surface area contributed by atoms with Crippen LogP contribution < -0.4 is 0 Å². The van der Waals surface area contributed by atoms with Crippen molar-refractivity contribution in [3.05, 3.63) is 12.2 Å². The lowest BCUT2D eigenvalue weighted by atomic mass is 10.1. The molecule has 0 aliphatic heterocycles. The summed E-state index contributed by atoms with van der Waals surface area (Å²) in [6.07, 6.45) is 21.4. The van der Waals surface area contributed by atoms with E-state index in [1.165, 1.54) is 70.6 Å². The Hall–Kier alpha value is -1.40. The van der Waals surface area contributed by atoms with Crippen molar-refractivity contribution in [2.45, 2.75) is 104 Å². The number of carbonyl (C=O) groups excluding carboxylic acids is 1. The number of carboxylic acids is 1. The average molecular weight is 430 g/mol. The van der Waals surface area contributed by atoms with Crippen LogP contribution in [0.5, 0.6) is 0 Å². The molecule has 0 radical (unpaired) electrons. The number of hydrogen-bond donors (Lipinski definition) is 3. The Kier molecular flexibility index (Phi) is 26.3. The second-order valence-corrected chi connectivity index (χ2v) is 7.68. The Morgan fingerprint density at radius 3 is 1.57 bits per heavy atom. The molecule has 3 N–H and O–H groups in total. The number of aliphatic hydroxyl groups is 2. The molecule has 0 fully saturated rings. The fraction of sp³-hybridized carbons (Fsp3) is 0.833. The topological polar surface area (TPSA) is 98.1 Å². The molecule has 30 heavy (non-hydrogen) atoms. The predicted octanol–water partition coefficient (Wildman–Crippen LogP) is 4.93. The molecule has 0 bridgehead atoms. The summed E-state index contributed by atoms with van der Waals surface area (Å²) in [6.45, 7) is 3.90. The SMILES string of the molecule is CC(=O)O.CCCCCCCCC=CCCCCCCCC(=O)N(CCO)CCO. The first-order chi connectivity index (χ1) is 14.5. The maximum Gasteiger partial charge on any atom is 0.300 e. The van der Waals surface area contributed by atoms with Crippen molar-refractivity contribution in [3.63, 3.8) is 0 Å². The van der Waals surface area contributed by atoms with Crippen LogP contribution >= 0.6 is 0 Å². The van der Waals surface area contributed by atoms with Gasteiger partial charge in [-0.15, -0.1) is 0 Å². The molecule has 6 heteroatoms. The van der Waals surface area contributed by atoms with Gasteiger partial charge in [0.25, 0.3) is 5.97 Å². The lowest BCUT2D eigenvalue weighted by Crippen LogP contribution is -2.35. The van der Waals surface area contributed by atoms with Gasteiger partial charge in [0, 0.05) is 26.4 Å². The monoisotopic (exact) mass is 429 g/mol. The Labute approximate surface area is 184 Å². The van der Waals surface area contributed by atoms with E-state index in [2.05, 4.69) is 19.1 Å². The molecule has 0 aliphatic rings. The maximum atomic E-state index is 12.0. The van der Waals surface area contributed by atoms with Crippen LogP contribution in [0.15, 0.2) is 12.2 Å². The van der Waals surface area contributed by atoms with E-state index in [4.69, 9.17) is 20.1 Å². The summed E-state index contributed by atoms with van der Waals surface area (Å²) in [5, 5.41) is 25.3. The number of nitrogens with zero attached hydrogens (tertiary/aromatic N) is 1. The summed E-state index contributed by atoms with van der Waals surface area (Å²) in [7, 11) is 0. The average Bonchev–Trinajstić information content (AvgIpc) is 2.70. The molecule has 0 aliphatic carbocycles. The van der Waals surface area contributed by atoms with Gasteiger partial charge in [-0.25, -0.2) is 0 Å². The van der Waals surface area contributed by atoms with Crippen LogP contribution in [0.1, 0.15) is 104 Å². The molecule has 0 saturated heterocycles. The van der Waals surface area contributed by atoms with E-state index < -0.39 is 5.97 Å². The Bertz CT molecular complexity index is 402. The number of rotatable bonds is 19. The maximum absolute atomic E-state index is 12.0. The van der Waals surface area contributed by atoms with E-state index >= 15 is 0 Å². The van der Waals surface area contributed by atoms with Crippen LogP contribution in [0.3, 0.4) is 0 Å². The highest BCUT2D eigenvalue weighted by atomic mass is 16.4. The standard InChI is InChI=1S/C22H43NO3.C2H4O2/c1-2-3-4-5-6-7-8-9-10-11-12-13-14-15-16-17-22(26)23(18-20-24)19-21-25;1-2(3)4/h9-10,24-25H,2-8,11-21H2,1H3;1H3,(H,3,4). The molecule has 178 valence electrons. The number of unbranched alkanes of at least 4 members (excludes halogenated alkanes) is 11. The number of hydrogen-bond acceptors (Lipinski definition) is 4. The van der Waals surface area contributed by atoms with Gasteiger partial charge in [0.15, 0.2) is 0 Å². The molecule has 0 unspecified atom stereocenters. The quantitative estimate of drug-likeness (QED) is 0.200. The van der Waals surface area contributed by atoms with Crippen LogP contribution in [0.4, 0.5) is 0 Å². The third-order valence-electron chi connectivity index (χ3n) is 4.74. The summed E-state index contributed by atoms with van der Waals surface area (Å²) < 4.78 is 0. The molecule has 0 aromatic heterocycles. The van der Waals surface area contributed by atoms with Gasteiger partial charge in [-0.1, -0.05) is 70.4 Å². The number of amides is 1. The zero-order valence-electron chi connectivity index (χ0n) is 19.5. The predicted molar refractivity (Wildman–Crippen MR) is 124 cm³/mol. The number of allylic oxidation sites excluding steroid dienone is 2. The summed E-state index contributed by atoms with van der Waals surface area (Å²) in [6, 6.07) is 0. The first-order valence-electron chi connectivity index (χ1n) is 11.8. The fourth-order valence-electron chi connectivity index (χ4n) is 3.11. The van der Waals surface area contributed by atoms with E-state index in [1.807, 2.05) is 0 Å². The molecule has 0 saturated carbocycles. The van der Waals surface area contributed by atoms with E-state index in [1.54, 1.807) is 4.90 Å². The zero-order valence-corrected chi connectivity index (χ0v) is 19.5. The fourth-order valence-corrected chi connectivity index (χ4v) is 3.11. The van der Waals surface area contributed by atoms with Crippen molar-refractivity contribution in [3.8, 4) is 0 Å². The van der Waals surface area contributed by atoms with Gasteiger partial charge in [0.1, 0.15) is 0 Å². The van der Waals surface area contributed by atoms with Crippen molar-refractivity contribution < 1.29 is 24.9 Å². The lowest BCUT2D eigenvalue weighted by Gasteiger charge is -2.20. The highest BCUT2D eigenvalue weighted by molar-refractivity contribution is 5.76. The van der Waals surface area contributed by atoms with Crippen LogP contribution in [-0.4, -0.2) is 58.4 Å². The lowest BCUT2D eigenvalue weighted by molar-refractivity contribution is -0.134. The minimum atomic E-state index is -0.833. The van der Waals surface area contributed by atoms with Gasteiger partial charge in [0.05, 0.1) is 13.2 Å². The van der Waals surface area contributed by atoms with Crippen molar-refractivity contribution in [1.29, 1.82) is 0 Å². The van der Waals surface area contributed by atoms with E-state index in [9.17, 15) is 4.79 Å². The van der Waals surface area contributed by atoms with Crippen molar-refractivity contribution in [1.82, 2.24) is 4.90 Å². The molecule has 1 amide bonds. The Balaban J connectivity index is 0. The molecule has 0 atom stereocenters. The first kappa shape index (κ1) is 30.8. The van der Waals surface area contributed by atoms with Crippen LogP contribution in [0.25, 0.3) is 0 Å². The van der Waals surface area contributed by atoms with Gasteiger partial charge < -0.3 is 20.2 Å². The zero-order chi connectivity index (χ0) is 22.9. The van der Waals surface area contributed by atoms with E-state index in [-0.39, 0.29) is 19.1 Å². The van der Waals surface area contributed by atoms with Crippen LogP contribution in [0.2, 0.25) is 0 Å². The molecule has 0 aromatic rings. The molecule has 6 nitrogen and oxygen atoms in total. The smallest absolute Gasteiger partial charge is 0.300 e. The van der Waals surface area contributed by atoms with E-state index in [0.717, 1.165) is 19.8 Å². The Morgan fingerprint density at radius 2 is 1.13 bits per heavy atom. The molecule has 0 spiro atoms. The largest absolute Gasteiger partial charge is 0.481 e. The second kappa shape index (κ2) is 25.6. The van der Waals surface area contributed by atoms with Gasteiger partial charge in [0.2, 0.25) is 5.91 Å². The second-order valence-electron chi connectivity index (χ2n) is 7.68. The Morgan fingerprint density at radius 1 is 0.733 bits per heavy atom. The third-order valence-corrected chi connectivity index (χ3v) is 4.74. The molecule has 0 aromatic carbocycles. The number of aliphatic hydroxyl groups excluding tert-OH is 2. The number of aliphatic carboxylic acids is 1. The first-order valence-corrected chi connectivity index (χ1v) is 11.8. The van der Waals surface area contributed by atoms with E-state index in [0.29, 0.717) is 19.5 Å². The molecular formula is C24H47NO5. The number of carboxylic acid groups (broad SMARTS) is 1. The molecule has 0 heterocycles. The molecule has 0 rings (SSSR count). The van der Waals surface area contributed by atoms with Crippen molar-refractivity contribution >= 4 is 11.9 Å². The van der Waals surface area contributed by atoms with Gasteiger partial charge in [-0.2, -0.15) is 0 Å². The normalized spacial score (nSPS) is 10.7. The van der Waals surface area contributed by atoms with Gasteiger partial charge in [-0.3, -0.25) is 9.59 Å². The van der Waals surface area contributed by atoms with Crippen LogP contribution in [-0.2, 0) is 9.59 Å². The van der Waals surface area contributed by atoms with Crippen molar-refractivity contribution in [2.24, 2.45) is 0 Å². The van der Waals surface area contributed by atoms with Gasteiger partial charge in [-0.05, 0) is 32.1 Å². The highest BCUT2D eigenvalue weighted by Gasteiger charge is 2.11. The summed E-state index contributed by atoms with van der Waals surface area (Å²) >= 11 is 0. The minimum absolute atomic E-state index is 0.0435. The minimum Gasteiger partial charge on any atom is -0.481 e. The highest BCUT2D eigenvalue weighted by Crippen LogP contribution is 2.10. The summed E-state index contributed by atoms with van der Waals surface area (Å²) in [4.78, 5) is 22.5. The number of carbonyl (C=O) groups is 2. The van der Waals surface area contributed by atoms with Crippen LogP contribution in [0, 0.1) is 0 Å².